The maximum atomic E-state index is 12.1. The third kappa shape index (κ3) is 3.33. The van der Waals surface area contributed by atoms with E-state index >= 15 is 0 Å². The molecule has 1 fully saturated rings. The number of ether oxygens (including phenoxy) is 1. The number of methoxy groups -OCH3 is 1. The quantitative estimate of drug-likeness (QED) is 0.886. The molecule has 1 saturated carbocycles. The van der Waals surface area contributed by atoms with Crippen LogP contribution in [0.4, 0.5) is 11.6 Å². The molecular weight excluding hydrogens is 280 g/mol. The van der Waals surface area contributed by atoms with E-state index in [-0.39, 0.29) is 5.91 Å². The van der Waals surface area contributed by atoms with Crippen LogP contribution in [0.15, 0.2) is 30.3 Å². The normalized spacial score (nSPS) is 13.5. The van der Waals surface area contributed by atoms with Crippen LogP contribution in [0.2, 0.25) is 0 Å². The Labute approximate surface area is 128 Å². The number of benzene rings is 1. The summed E-state index contributed by atoms with van der Waals surface area (Å²) in [4.78, 5) is 20.7. The third-order valence-electron chi connectivity index (χ3n) is 3.35. The van der Waals surface area contributed by atoms with Crippen LogP contribution < -0.4 is 15.4 Å². The van der Waals surface area contributed by atoms with Crippen molar-refractivity contribution in [2.45, 2.75) is 25.8 Å². The number of rotatable bonds is 5. The van der Waals surface area contributed by atoms with Crippen LogP contribution in [0.5, 0.6) is 5.75 Å². The Morgan fingerprint density at radius 1 is 1.27 bits per heavy atom. The van der Waals surface area contributed by atoms with Crippen molar-refractivity contribution in [3.8, 4) is 5.75 Å². The van der Waals surface area contributed by atoms with Crippen molar-refractivity contribution in [1.29, 1.82) is 0 Å². The summed E-state index contributed by atoms with van der Waals surface area (Å²) in [6, 6.07) is 9.48. The van der Waals surface area contributed by atoms with Crippen LogP contribution >= 0.6 is 0 Å². The molecule has 1 aromatic heterocycles. The molecule has 22 heavy (non-hydrogen) atoms. The van der Waals surface area contributed by atoms with E-state index in [0.717, 1.165) is 24.2 Å². The number of nitrogens with one attached hydrogen (secondary N) is 2. The highest BCUT2D eigenvalue weighted by atomic mass is 16.5. The number of anilines is 2. The van der Waals surface area contributed by atoms with E-state index in [9.17, 15) is 4.79 Å². The highest BCUT2D eigenvalue weighted by Gasteiger charge is 2.24. The van der Waals surface area contributed by atoms with Crippen LogP contribution in [0, 0.1) is 6.92 Å². The molecule has 1 heterocycles. The standard InChI is InChI=1S/C16H18N4O2/c1-10-9-13(15(21)18-11-7-8-11)20-16(17-10)19-12-5-3-4-6-14(12)22-2/h3-6,9,11H,7-8H2,1-2H3,(H,18,21)(H,17,19,20). The molecule has 0 spiro atoms. The van der Waals surface area contributed by atoms with Crippen molar-refractivity contribution in [3.05, 3.63) is 41.7 Å². The van der Waals surface area contributed by atoms with E-state index in [2.05, 4.69) is 20.6 Å². The monoisotopic (exact) mass is 298 g/mol. The second-order valence-corrected chi connectivity index (χ2v) is 5.29. The van der Waals surface area contributed by atoms with Gasteiger partial charge in [-0.25, -0.2) is 9.97 Å². The van der Waals surface area contributed by atoms with Crippen molar-refractivity contribution >= 4 is 17.5 Å². The predicted molar refractivity (Wildman–Crippen MR) is 83.5 cm³/mol. The number of amides is 1. The molecule has 0 aliphatic heterocycles. The molecule has 6 nitrogen and oxygen atoms in total. The van der Waals surface area contributed by atoms with Gasteiger partial charge in [-0.05, 0) is 38.0 Å². The second kappa shape index (κ2) is 6.01. The fourth-order valence-electron chi connectivity index (χ4n) is 2.10. The second-order valence-electron chi connectivity index (χ2n) is 5.29. The van der Waals surface area contributed by atoms with E-state index in [1.807, 2.05) is 31.2 Å². The van der Waals surface area contributed by atoms with E-state index in [1.54, 1.807) is 13.2 Å². The number of hydrogen-bond donors (Lipinski definition) is 2. The number of carbonyl (C=O) groups excluding carboxylic acids is 1. The zero-order valence-electron chi connectivity index (χ0n) is 12.6. The molecule has 0 atom stereocenters. The molecule has 2 N–H and O–H groups in total. The van der Waals surface area contributed by atoms with Crippen LogP contribution in [-0.4, -0.2) is 29.0 Å². The molecule has 2 aromatic rings. The van der Waals surface area contributed by atoms with Gasteiger partial charge in [0.15, 0.2) is 0 Å². The van der Waals surface area contributed by atoms with E-state index in [0.29, 0.717) is 23.4 Å². The summed E-state index contributed by atoms with van der Waals surface area (Å²) in [6.45, 7) is 1.84. The van der Waals surface area contributed by atoms with Gasteiger partial charge in [0.25, 0.3) is 5.91 Å². The van der Waals surface area contributed by atoms with Gasteiger partial charge >= 0.3 is 0 Å². The molecule has 1 amide bonds. The average Bonchev–Trinajstić information content (AvgIpc) is 3.31. The highest BCUT2D eigenvalue weighted by Crippen LogP contribution is 2.26. The summed E-state index contributed by atoms with van der Waals surface area (Å²) in [6.07, 6.45) is 2.09. The molecular formula is C16H18N4O2. The number of aryl methyl sites for hydroxylation is 1. The number of aromatic nitrogens is 2. The third-order valence-corrected chi connectivity index (χ3v) is 3.35. The van der Waals surface area contributed by atoms with Crippen molar-refractivity contribution < 1.29 is 9.53 Å². The molecule has 0 radical (unpaired) electrons. The molecule has 114 valence electrons. The fraction of sp³-hybridized carbons (Fsp3) is 0.312. The Morgan fingerprint density at radius 2 is 2.05 bits per heavy atom. The minimum absolute atomic E-state index is 0.156. The van der Waals surface area contributed by atoms with Crippen LogP contribution in [-0.2, 0) is 0 Å². The average molecular weight is 298 g/mol. The highest BCUT2D eigenvalue weighted by molar-refractivity contribution is 5.93. The molecule has 3 rings (SSSR count). The summed E-state index contributed by atoms with van der Waals surface area (Å²) in [5.41, 5.74) is 1.86. The van der Waals surface area contributed by atoms with E-state index < -0.39 is 0 Å². The Morgan fingerprint density at radius 3 is 2.77 bits per heavy atom. The first-order chi connectivity index (χ1) is 10.7. The fourth-order valence-corrected chi connectivity index (χ4v) is 2.10. The smallest absolute Gasteiger partial charge is 0.270 e. The Kier molecular flexibility index (Phi) is 3.91. The first-order valence-corrected chi connectivity index (χ1v) is 7.22. The van der Waals surface area contributed by atoms with Gasteiger partial charge in [-0.3, -0.25) is 4.79 Å². The molecule has 1 aromatic carbocycles. The van der Waals surface area contributed by atoms with Crippen LogP contribution in [0.1, 0.15) is 29.0 Å². The molecule has 0 bridgehead atoms. The zero-order chi connectivity index (χ0) is 15.5. The summed E-state index contributed by atoms with van der Waals surface area (Å²) < 4.78 is 5.29. The van der Waals surface area contributed by atoms with Gasteiger partial charge in [-0.2, -0.15) is 0 Å². The Bertz CT molecular complexity index is 698. The number of para-hydroxylation sites is 2. The Balaban J connectivity index is 1.84. The summed E-state index contributed by atoms with van der Waals surface area (Å²) >= 11 is 0. The summed E-state index contributed by atoms with van der Waals surface area (Å²) in [7, 11) is 1.60. The lowest BCUT2D eigenvalue weighted by atomic mass is 10.3. The number of carbonyl (C=O) groups is 1. The van der Waals surface area contributed by atoms with Gasteiger partial charge in [0, 0.05) is 11.7 Å². The largest absolute Gasteiger partial charge is 0.495 e. The van der Waals surface area contributed by atoms with Crippen molar-refractivity contribution in [2.75, 3.05) is 12.4 Å². The summed E-state index contributed by atoms with van der Waals surface area (Å²) in [5, 5.41) is 6.03. The zero-order valence-corrected chi connectivity index (χ0v) is 12.6. The van der Waals surface area contributed by atoms with E-state index in [1.165, 1.54) is 0 Å². The van der Waals surface area contributed by atoms with Crippen molar-refractivity contribution in [2.24, 2.45) is 0 Å². The van der Waals surface area contributed by atoms with Gasteiger partial charge in [-0.15, -0.1) is 0 Å². The molecule has 1 aliphatic carbocycles. The van der Waals surface area contributed by atoms with Crippen LogP contribution in [0.3, 0.4) is 0 Å². The lowest BCUT2D eigenvalue weighted by Gasteiger charge is -2.11. The van der Waals surface area contributed by atoms with E-state index in [4.69, 9.17) is 4.74 Å². The molecule has 1 aliphatic rings. The minimum atomic E-state index is -0.156. The van der Waals surface area contributed by atoms with Gasteiger partial charge in [0.1, 0.15) is 11.4 Å². The van der Waals surface area contributed by atoms with Crippen molar-refractivity contribution in [3.63, 3.8) is 0 Å². The lowest BCUT2D eigenvalue weighted by Crippen LogP contribution is -2.26. The predicted octanol–water partition coefficient (Wildman–Crippen LogP) is 2.43. The molecule has 0 saturated heterocycles. The van der Waals surface area contributed by atoms with Gasteiger partial charge in [-0.1, -0.05) is 12.1 Å². The first-order valence-electron chi connectivity index (χ1n) is 7.22. The SMILES string of the molecule is COc1ccccc1Nc1nc(C)cc(C(=O)NC2CC2)n1. The van der Waals surface area contributed by atoms with Gasteiger partial charge in [0.2, 0.25) is 5.95 Å². The topological polar surface area (TPSA) is 76.1 Å². The number of hydrogen-bond acceptors (Lipinski definition) is 5. The van der Waals surface area contributed by atoms with Crippen LogP contribution in [0.25, 0.3) is 0 Å². The maximum Gasteiger partial charge on any atom is 0.270 e. The molecule has 0 unspecified atom stereocenters. The van der Waals surface area contributed by atoms with Gasteiger partial charge < -0.3 is 15.4 Å². The molecule has 6 heteroatoms. The maximum absolute atomic E-state index is 12.1. The van der Waals surface area contributed by atoms with Gasteiger partial charge in [0.05, 0.1) is 12.8 Å². The summed E-state index contributed by atoms with van der Waals surface area (Å²) in [5.74, 6) is 0.915. The lowest BCUT2D eigenvalue weighted by molar-refractivity contribution is 0.0946. The Hall–Kier alpha value is -2.63. The first kappa shape index (κ1) is 14.3. The van der Waals surface area contributed by atoms with Crippen molar-refractivity contribution in [1.82, 2.24) is 15.3 Å². The number of nitrogens with zero attached hydrogens (tertiary/aromatic N) is 2. The minimum Gasteiger partial charge on any atom is -0.495 e.